The van der Waals surface area contributed by atoms with Gasteiger partial charge in [0, 0.05) is 10.6 Å². The molecule has 1 aliphatic rings. The van der Waals surface area contributed by atoms with E-state index in [2.05, 4.69) is 22.3 Å². The Morgan fingerprint density at radius 2 is 2.18 bits per heavy atom. The zero-order chi connectivity index (χ0) is 15.1. The molecule has 0 radical (unpaired) electrons. The van der Waals surface area contributed by atoms with Crippen LogP contribution in [-0.2, 0) is 0 Å². The van der Waals surface area contributed by atoms with Crippen LogP contribution in [0.25, 0.3) is 10.1 Å². The quantitative estimate of drug-likeness (QED) is 0.511. The van der Waals surface area contributed by atoms with Crippen LogP contribution in [0.2, 0.25) is 0 Å². The molecule has 0 amide bonds. The van der Waals surface area contributed by atoms with Gasteiger partial charge in [0.05, 0.1) is 10.6 Å². The summed E-state index contributed by atoms with van der Waals surface area (Å²) in [5.74, 6) is 1.62. The van der Waals surface area contributed by atoms with Crippen molar-refractivity contribution in [3.8, 4) is 0 Å². The van der Waals surface area contributed by atoms with Crippen LogP contribution in [0.4, 0.5) is 0 Å². The van der Waals surface area contributed by atoms with Gasteiger partial charge in [0.2, 0.25) is 5.89 Å². The molecular formula is C16H14N2O2S2. The summed E-state index contributed by atoms with van der Waals surface area (Å²) in [6, 6.07) is 8.11. The van der Waals surface area contributed by atoms with E-state index in [4.69, 9.17) is 4.42 Å². The number of thiophene rings is 1. The number of thioether (sulfide) groups is 1. The van der Waals surface area contributed by atoms with E-state index in [9.17, 15) is 4.79 Å². The lowest BCUT2D eigenvalue weighted by atomic mass is 10.1. The Morgan fingerprint density at radius 3 is 2.95 bits per heavy atom. The van der Waals surface area contributed by atoms with Gasteiger partial charge in [0.25, 0.3) is 5.22 Å². The highest BCUT2D eigenvalue weighted by atomic mass is 32.2. The zero-order valence-electron chi connectivity index (χ0n) is 12.0. The molecule has 0 N–H and O–H groups in total. The lowest BCUT2D eigenvalue weighted by molar-refractivity contribution is 0.102. The Morgan fingerprint density at radius 1 is 1.36 bits per heavy atom. The molecule has 1 aromatic carbocycles. The Hall–Kier alpha value is -1.66. The summed E-state index contributed by atoms with van der Waals surface area (Å²) >= 11 is 2.88. The van der Waals surface area contributed by atoms with Crippen LogP contribution in [0.1, 0.15) is 39.9 Å². The summed E-state index contributed by atoms with van der Waals surface area (Å²) in [7, 11) is 0. The smallest absolute Gasteiger partial charge is 0.277 e. The lowest BCUT2D eigenvalue weighted by Gasteiger charge is -1.97. The molecule has 4 nitrogen and oxygen atoms in total. The van der Waals surface area contributed by atoms with Crippen LogP contribution < -0.4 is 0 Å². The van der Waals surface area contributed by atoms with Crippen LogP contribution in [0, 0.1) is 6.92 Å². The van der Waals surface area contributed by atoms with Crippen molar-refractivity contribution in [2.24, 2.45) is 0 Å². The van der Waals surface area contributed by atoms with Crippen molar-refractivity contribution in [1.82, 2.24) is 10.2 Å². The molecule has 2 aromatic heterocycles. The topological polar surface area (TPSA) is 56.0 Å². The van der Waals surface area contributed by atoms with Gasteiger partial charge in [0.15, 0.2) is 5.78 Å². The second kappa shape index (κ2) is 5.52. The fourth-order valence-electron chi connectivity index (χ4n) is 2.41. The van der Waals surface area contributed by atoms with E-state index in [1.807, 2.05) is 19.1 Å². The number of hydrogen-bond acceptors (Lipinski definition) is 6. The molecule has 4 rings (SSSR count). The van der Waals surface area contributed by atoms with Crippen molar-refractivity contribution in [2.45, 2.75) is 30.9 Å². The molecule has 0 atom stereocenters. The van der Waals surface area contributed by atoms with Gasteiger partial charge in [-0.15, -0.1) is 21.5 Å². The molecule has 22 heavy (non-hydrogen) atoms. The van der Waals surface area contributed by atoms with Gasteiger partial charge in [-0.25, -0.2) is 0 Å². The normalized spacial score (nSPS) is 14.6. The summed E-state index contributed by atoms with van der Waals surface area (Å²) in [5, 5.41) is 9.70. The third kappa shape index (κ3) is 2.57. The first kappa shape index (κ1) is 14.0. The van der Waals surface area contributed by atoms with Crippen LogP contribution in [0.15, 0.2) is 33.9 Å². The summed E-state index contributed by atoms with van der Waals surface area (Å²) in [5.41, 5.74) is 1.07. The van der Waals surface area contributed by atoms with E-state index < -0.39 is 0 Å². The van der Waals surface area contributed by atoms with E-state index in [1.165, 1.54) is 11.8 Å². The maximum Gasteiger partial charge on any atom is 0.277 e. The van der Waals surface area contributed by atoms with Crippen molar-refractivity contribution in [3.05, 3.63) is 40.6 Å². The maximum absolute atomic E-state index is 12.5. The summed E-state index contributed by atoms with van der Waals surface area (Å²) in [6.07, 6.45) is 2.26. The first-order valence-electron chi connectivity index (χ1n) is 7.20. The fourth-order valence-corrected chi connectivity index (χ4v) is 4.29. The van der Waals surface area contributed by atoms with E-state index in [-0.39, 0.29) is 5.78 Å². The molecule has 1 fully saturated rings. The van der Waals surface area contributed by atoms with Crippen LogP contribution >= 0.6 is 23.1 Å². The monoisotopic (exact) mass is 330 g/mol. The molecular weight excluding hydrogens is 316 g/mol. The largest absolute Gasteiger partial charge is 0.416 e. The molecule has 3 aromatic rings. The third-order valence-corrected chi connectivity index (χ3v) is 5.90. The van der Waals surface area contributed by atoms with E-state index in [1.54, 1.807) is 11.3 Å². The molecule has 0 spiro atoms. The maximum atomic E-state index is 12.5. The van der Waals surface area contributed by atoms with Crippen molar-refractivity contribution >= 4 is 39.0 Å². The molecule has 0 aliphatic heterocycles. The van der Waals surface area contributed by atoms with E-state index in [0.717, 1.165) is 33.4 Å². The average Bonchev–Trinajstić information content (AvgIpc) is 3.19. The number of Topliss-reactive ketones (excluding diaryl/α,β-unsaturated/α-hetero) is 1. The zero-order valence-corrected chi connectivity index (χ0v) is 13.7. The molecule has 0 saturated heterocycles. The van der Waals surface area contributed by atoms with E-state index >= 15 is 0 Å². The molecule has 1 saturated carbocycles. The predicted octanol–water partition coefficient (Wildman–Crippen LogP) is 4.45. The Kier molecular flexibility index (Phi) is 3.50. The number of rotatable bonds is 5. The van der Waals surface area contributed by atoms with Gasteiger partial charge in [-0.1, -0.05) is 30.0 Å². The highest BCUT2D eigenvalue weighted by molar-refractivity contribution is 7.99. The van der Waals surface area contributed by atoms with Crippen LogP contribution in [-0.4, -0.2) is 21.7 Å². The highest BCUT2D eigenvalue weighted by Crippen LogP contribution is 2.40. The molecule has 0 bridgehead atoms. The fraction of sp³-hybridized carbons (Fsp3) is 0.312. The van der Waals surface area contributed by atoms with Gasteiger partial charge in [-0.05, 0) is 36.8 Å². The standard InChI is InChI=1S/C16H14N2O2S2/c1-9-11-4-2-3-5-13(11)22-14(9)12(19)8-21-16-18-17-15(20-16)10-6-7-10/h2-5,10H,6-8H2,1H3. The number of benzene rings is 1. The van der Waals surface area contributed by atoms with Crippen molar-refractivity contribution < 1.29 is 9.21 Å². The summed E-state index contributed by atoms with van der Waals surface area (Å²) in [6.45, 7) is 2.01. The molecule has 6 heteroatoms. The number of aromatic nitrogens is 2. The number of nitrogens with zero attached hydrogens (tertiary/aromatic N) is 2. The second-order valence-electron chi connectivity index (χ2n) is 5.44. The molecule has 0 unspecified atom stereocenters. The first-order valence-corrected chi connectivity index (χ1v) is 9.00. The number of hydrogen-bond donors (Lipinski definition) is 0. The number of fused-ring (bicyclic) bond motifs is 1. The number of carbonyl (C=O) groups excluding carboxylic acids is 1. The molecule has 2 heterocycles. The molecule has 1 aliphatic carbocycles. The van der Waals surface area contributed by atoms with Gasteiger partial charge < -0.3 is 4.42 Å². The molecule has 112 valence electrons. The van der Waals surface area contributed by atoms with Crippen molar-refractivity contribution in [3.63, 3.8) is 0 Å². The number of carbonyl (C=O) groups is 1. The predicted molar refractivity (Wildman–Crippen MR) is 87.9 cm³/mol. The van der Waals surface area contributed by atoms with Gasteiger partial charge in [-0.2, -0.15) is 0 Å². The summed E-state index contributed by atoms with van der Waals surface area (Å²) < 4.78 is 6.73. The Balaban J connectivity index is 1.49. The van der Waals surface area contributed by atoms with E-state index in [0.29, 0.717) is 22.8 Å². The minimum Gasteiger partial charge on any atom is -0.416 e. The third-order valence-electron chi connectivity index (χ3n) is 3.77. The Bertz CT molecular complexity index is 849. The number of aryl methyl sites for hydroxylation is 1. The minimum atomic E-state index is 0.120. The lowest BCUT2D eigenvalue weighted by Crippen LogP contribution is -2.01. The van der Waals surface area contributed by atoms with Crippen molar-refractivity contribution in [1.29, 1.82) is 0 Å². The Labute approximate surface area is 135 Å². The second-order valence-corrected chi connectivity index (χ2v) is 7.42. The highest BCUT2D eigenvalue weighted by Gasteiger charge is 2.29. The number of ketones is 1. The SMILES string of the molecule is Cc1c(C(=O)CSc2nnc(C3CC3)o2)sc2ccccc12. The van der Waals surface area contributed by atoms with Gasteiger partial charge in [-0.3, -0.25) is 4.79 Å². The van der Waals surface area contributed by atoms with Crippen LogP contribution in [0.5, 0.6) is 0 Å². The average molecular weight is 330 g/mol. The minimum absolute atomic E-state index is 0.120. The summed E-state index contributed by atoms with van der Waals surface area (Å²) in [4.78, 5) is 13.3. The van der Waals surface area contributed by atoms with Crippen molar-refractivity contribution in [2.75, 3.05) is 5.75 Å². The first-order chi connectivity index (χ1) is 10.7. The van der Waals surface area contributed by atoms with Gasteiger partial charge in [0.1, 0.15) is 0 Å². The van der Waals surface area contributed by atoms with Gasteiger partial charge >= 0.3 is 0 Å². The van der Waals surface area contributed by atoms with Crippen LogP contribution in [0.3, 0.4) is 0 Å².